The summed E-state index contributed by atoms with van der Waals surface area (Å²) in [5, 5.41) is 0.129. The number of benzene rings is 2. The zero-order valence-electron chi connectivity index (χ0n) is 10.6. The van der Waals surface area contributed by atoms with Crippen LogP contribution in [0.4, 0.5) is 14.5 Å². The van der Waals surface area contributed by atoms with Crippen LogP contribution in [-0.4, -0.2) is 8.42 Å². The molecule has 0 aliphatic rings. The van der Waals surface area contributed by atoms with Crippen LogP contribution in [0.5, 0.6) is 0 Å². The van der Waals surface area contributed by atoms with Gasteiger partial charge in [0.15, 0.2) is 0 Å². The van der Waals surface area contributed by atoms with E-state index in [1.54, 1.807) is 0 Å². The molecule has 0 saturated carbocycles. The fourth-order valence-corrected chi connectivity index (χ4v) is 3.21. The van der Waals surface area contributed by atoms with Gasteiger partial charge in [-0.1, -0.05) is 17.7 Å². The van der Waals surface area contributed by atoms with E-state index in [0.29, 0.717) is 0 Å². The molecular formula is C13H11ClF2N2O2S. The van der Waals surface area contributed by atoms with E-state index >= 15 is 0 Å². The second kappa shape index (κ2) is 5.97. The van der Waals surface area contributed by atoms with Crippen LogP contribution < -0.4 is 10.5 Å². The van der Waals surface area contributed by atoms with Gasteiger partial charge in [-0.25, -0.2) is 17.2 Å². The molecule has 4 nitrogen and oxygen atoms in total. The maximum absolute atomic E-state index is 13.6. The van der Waals surface area contributed by atoms with Crippen LogP contribution in [0.15, 0.2) is 41.3 Å². The summed E-state index contributed by atoms with van der Waals surface area (Å²) in [6.07, 6.45) is 0. The minimum Gasteiger partial charge on any atom is -0.326 e. The van der Waals surface area contributed by atoms with Crippen molar-refractivity contribution in [3.8, 4) is 0 Å². The van der Waals surface area contributed by atoms with E-state index in [9.17, 15) is 17.2 Å². The standard InChI is InChI=1S/C13H11ClF2N2O2S/c14-9-2-4-12(11(16)5-9)18-21(19,20)13-6-10(15)3-1-8(13)7-17/h1-6,18H,7,17H2. The third kappa shape index (κ3) is 3.49. The molecule has 3 N–H and O–H groups in total. The molecule has 8 heteroatoms. The fraction of sp³-hybridized carbons (Fsp3) is 0.0769. The van der Waals surface area contributed by atoms with Crippen molar-refractivity contribution in [3.63, 3.8) is 0 Å². The zero-order chi connectivity index (χ0) is 15.6. The van der Waals surface area contributed by atoms with Gasteiger partial charge in [0.05, 0.1) is 10.6 Å². The van der Waals surface area contributed by atoms with Gasteiger partial charge >= 0.3 is 0 Å². The minimum absolute atomic E-state index is 0.0976. The van der Waals surface area contributed by atoms with Crippen LogP contribution in [0.2, 0.25) is 5.02 Å². The van der Waals surface area contributed by atoms with Crippen LogP contribution in [0.3, 0.4) is 0 Å². The first-order valence-electron chi connectivity index (χ1n) is 5.80. The number of halogens is 3. The highest BCUT2D eigenvalue weighted by Gasteiger charge is 2.20. The van der Waals surface area contributed by atoms with Crippen molar-refractivity contribution in [3.05, 3.63) is 58.6 Å². The Morgan fingerprint density at radius 2 is 1.86 bits per heavy atom. The Hall–Kier alpha value is -1.70. The number of nitrogens with one attached hydrogen (secondary N) is 1. The Morgan fingerprint density at radius 1 is 1.14 bits per heavy atom. The van der Waals surface area contributed by atoms with Crippen molar-refractivity contribution in [2.24, 2.45) is 5.73 Å². The summed E-state index contributed by atoms with van der Waals surface area (Å²) < 4.78 is 53.4. The molecule has 2 aromatic carbocycles. The van der Waals surface area contributed by atoms with Gasteiger partial charge in [0.1, 0.15) is 11.6 Å². The third-order valence-corrected chi connectivity index (χ3v) is 4.40. The highest BCUT2D eigenvalue weighted by molar-refractivity contribution is 7.92. The molecule has 0 fully saturated rings. The lowest BCUT2D eigenvalue weighted by Crippen LogP contribution is -2.17. The molecule has 0 unspecified atom stereocenters. The van der Waals surface area contributed by atoms with E-state index in [2.05, 4.69) is 0 Å². The number of rotatable bonds is 4. The Bertz CT molecular complexity index is 782. The average Bonchev–Trinajstić information content (AvgIpc) is 2.42. The number of anilines is 1. The molecule has 0 heterocycles. The van der Waals surface area contributed by atoms with Crippen molar-refractivity contribution < 1.29 is 17.2 Å². The number of hydrogen-bond acceptors (Lipinski definition) is 3. The number of sulfonamides is 1. The van der Waals surface area contributed by atoms with Gasteiger partial charge in [-0.3, -0.25) is 4.72 Å². The molecule has 21 heavy (non-hydrogen) atoms. The Balaban J connectivity index is 2.45. The predicted octanol–water partition coefficient (Wildman–Crippen LogP) is 2.88. The van der Waals surface area contributed by atoms with Crippen LogP contribution in [0.1, 0.15) is 5.56 Å². The van der Waals surface area contributed by atoms with E-state index in [1.165, 1.54) is 18.2 Å². The topological polar surface area (TPSA) is 72.2 Å². The molecule has 112 valence electrons. The molecule has 0 amide bonds. The van der Waals surface area contributed by atoms with Gasteiger partial charge in [-0.2, -0.15) is 0 Å². The molecule has 2 aromatic rings. The lowest BCUT2D eigenvalue weighted by atomic mass is 10.2. The van der Waals surface area contributed by atoms with E-state index < -0.39 is 21.7 Å². The summed E-state index contributed by atoms with van der Waals surface area (Å²) in [6.45, 7) is -0.0976. The zero-order valence-corrected chi connectivity index (χ0v) is 12.2. The molecule has 0 bridgehead atoms. The van der Waals surface area contributed by atoms with Crippen molar-refractivity contribution in [1.82, 2.24) is 0 Å². The lowest BCUT2D eigenvalue weighted by Gasteiger charge is -2.12. The summed E-state index contributed by atoms with van der Waals surface area (Å²) in [7, 11) is -4.17. The van der Waals surface area contributed by atoms with E-state index in [-0.39, 0.29) is 27.7 Å². The first-order valence-corrected chi connectivity index (χ1v) is 7.66. The monoisotopic (exact) mass is 332 g/mol. The highest BCUT2D eigenvalue weighted by atomic mass is 35.5. The maximum Gasteiger partial charge on any atom is 0.262 e. The van der Waals surface area contributed by atoms with E-state index in [4.69, 9.17) is 17.3 Å². The largest absolute Gasteiger partial charge is 0.326 e. The summed E-state index contributed by atoms with van der Waals surface area (Å²) in [5.74, 6) is -1.57. The average molecular weight is 333 g/mol. The van der Waals surface area contributed by atoms with Gasteiger partial charge in [0.25, 0.3) is 10.0 Å². The van der Waals surface area contributed by atoms with Crippen molar-refractivity contribution in [1.29, 1.82) is 0 Å². The van der Waals surface area contributed by atoms with Crippen LogP contribution >= 0.6 is 11.6 Å². The lowest BCUT2D eigenvalue weighted by molar-refractivity contribution is 0.591. The Kier molecular flexibility index (Phi) is 4.46. The normalized spacial score (nSPS) is 11.4. The SMILES string of the molecule is NCc1ccc(F)cc1S(=O)(=O)Nc1ccc(Cl)cc1F. The molecular weight excluding hydrogens is 322 g/mol. The van der Waals surface area contributed by atoms with Gasteiger partial charge in [0, 0.05) is 11.6 Å². The molecule has 0 atom stereocenters. The van der Waals surface area contributed by atoms with Gasteiger partial charge in [0.2, 0.25) is 0 Å². The molecule has 0 aromatic heterocycles. The third-order valence-electron chi connectivity index (χ3n) is 2.71. The van der Waals surface area contributed by atoms with Crippen LogP contribution in [-0.2, 0) is 16.6 Å². The highest BCUT2D eigenvalue weighted by Crippen LogP contribution is 2.24. The van der Waals surface area contributed by atoms with Crippen molar-refractivity contribution >= 4 is 27.3 Å². The summed E-state index contributed by atoms with van der Waals surface area (Å²) in [6, 6.07) is 6.67. The van der Waals surface area contributed by atoms with E-state index in [1.807, 2.05) is 4.72 Å². The molecule has 0 saturated heterocycles. The summed E-state index contributed by atoms with van der Waals surface area (Å²) >= 11 is 5.59. The summed E-state index contributed by atoms with van der Waals surface area (Å²) in [5.41, 5.74) is 5.37. The Morgan fingerprint density at radius 3 is 2.48 bits per heavy atom. The minimum atomic E-state index is -4.17. The first kappa shape index (κ1) is 15.7. The van der Waals surface area contributed by atoms with Gasteiger partial charge < -0.3 is 5.73 Å². The van der Waals surface area contributed by atoms with Gasteiger partial charge in [-0.15, -0.1) is 0 Å². The molecule has 2 rings (SSSR count). The first-order chi connectivity index (χ1) is 9.83. The van der Waals surface area contributed by atoms with E-state index in [0.717, 1.165) is 18.2 Å². The second-order valence-electron chi connectivity index (χ2n) is 4.19. The molecule has 0 radical (unpaired) electrons. The maximum atomic E-state index is 13.6. The van der Waals surface area contributed by atoms with Crippen molar-refractivity contribution in [2.75, 3.05) is 4.72 Å². The molecule has 0 aliphatic carbocycles. The van der Waals surface area contributed by atoms with Crippen LogP contribution in [0.25, 0.3) is 0 Å². The predicted molar refractivity (Wildman–Crippen MR) is 76.5 cm³/mol. The van der Waals surface area contributed by atoms with Gasteiger partial charge in [-0.05, 0) is 35.9 Å². The second-order valence-corrected chi connectivity index (χ2v) is 6.27. The van der Waals surface area contributed by atoms with Crippen LogP contribution in [0, 0.1) is 11.6 Å². The molecule has 0 spiro atoms. The quantitative estimate of drug-likeness (QED) is 0.904. The number of hydrogen-bond donors (Lipinski definition) is 2. The summed E-state index contributed by atoms with van der Waals surface area (Å²) in [4.78, 5) is -0.334. The smallest absolute Gasteiger partial charge is 0.262 e. The van der Waals surface area contributed by atoms with Crippen molar-refractivity contribution in [2.45, 2.75) is 11.4 Å². The fourth-order valence-electron chi connectivity index (χ4n) is 1.72. The molecule has 0 aliphatic heterocycles. The Labute approximate surface area is 125 Å². The number of nitrogens with two attached hydrogens (primary N) is 1.